The number of ether oxygens (including phenoxy) is 2. The molecule has 9 heteroatoms. The predicted molar refractivity (Wildman–Crippen MR) is 90.2 cm³/mol. The molecule has 4 atom stereocenters. The Hall–Kier alpha value is -2.59. The Morgan fingerprint density at radius 1 is 1.27 bits per heavy atom. The normalized spacial score (nSPS) is 25.8. The number of aromatic amines is 1. The second kappa shape index (κ2) is 6.96. The molecule has 0 spiro atoms. The molecule has 1 saturated heterocycles. The first-order valence-electron chi connectivity index (χ1n) is 8.19. The average molecular weight is 358 g/mol. The van der Waals surface area contributed by atoms with Gasteiger partial charge in [-0.15, -0.1) is 0 Å². The number of H-pyrrole nitrogens is 1. The van der Waals surface area contributed by atoms with Crippen LogP contribution < -0.4 is 5.56 Å². The molecular formula is C17H18N4O5. The van der Waals surface area contributed by atoms with Crippen LogP contribution in [0.3, 0.4) is 0 Å². The summed E-state index contributed by atoms with van der Waals surface area (Å²) < 4.78 is 13.2. The maximum Gasteiger partial charge on any atom is 0.278 e. The van der Waals surface area contributed by atoms with Crippen molar-refractivity contribution < 1.29 is 19.7 Å². The van der Waals surface area contributed by atoms with Crippen molar-refractivity contribution in [3.63, 3.8) is 0 Å². The van der Waals surface area contributed by atoms with Gasteiger partial charge >= 0.3 is 0 Å². The van der Waals surface area contributed by atoms with Crippen molar-refractivity contribution in [1.82, 2.24) is 19.5 Å². The lowest BCUT2D eigenvalue weighted by Gasteiger charge is -2.22. The number of aliphatic hydroxyl groups excluding tert-OH is 2. The third-order valence-corrected chi connectivity index (χ3v) is 4.42. The molecule has 0 unspecified atom stereocenters. The first kappa shape index (κ1) is 16.9. The third-order valence-electron chi connectivity index (χ3n) is 4.42. The Morgan fingerprint density at radius 3 is 2.85 bits per heavy atom. The molecule has 1 aromatic carbocycles. The van der Waals surface area contributed by atoms with Gasteiger partial charge in [0.05, 0.1) is 25.9 Å². The second-order valence-electron chi connectivity index (χ2n) is 6.06. The summed E-state index contributed by atoms with van der Waals surface area (Å²) in [7, 11) is 0. The molecule has 136 valence electrons. The van der Waals surface area contributed by atoms with Gasteiger partial charge in [0.2, 0.25) is 0 Å². The van der Waals surface area contributed by atoms with Gasteiger partial charge in [-0.1, -0.05) is 30.3 Å². The lowest BCUT2D eigenvalue weighted by atomic mass is 10.1. The summed E-state index contributed by atoms with van der Waals surface area (Å²) in [5.41, 5.74) is 1.06. The molecule has 0 aliphatic carbocycles. The number of aliphatic hydroxyl groups is 2. The van der Waals surface area contributed by atoms with Crippen molar-refractivity contribution in [2.75, 3.05) is 6.61 Å². The minimum absolute atomic E-state index is 0.167. The highest BCUT2D eigenvalue weighted by molar-refractivity contribution is 5.68. The predicted octanol–water partition coefficient (Wildman–Crippen LogP) is -0.0444. The maximum absolute atomic E-state index is 11.9. The van der Waals surface area contributed by atoms with E-state index in [1.54, 1.807) is 4.57 Å². The number of hydrogen-bond acceptors (Lipinski definition) is 7. The zero-order chi connectivity index (χ0) is 18.1. The topological polar surface area (TPSA) is 122 Å². The molecule has 1 fully saturated rings. The molecule has 3 N–H and O–H groups in total. The van der Waals surface area contributed by atoms with Crippen molar-refractivity contribution in [3.05, 3.63) is 58.9 Å². The van der Waals surface area contributed by atoms with Crippen molar-refractivity contribution in [1.29, 1.82) is 0 Å². The summed E-state index contributed by atoms with van der Waals surface area (Å²) in [6, 6.07) is 9.52. The second-order valence-corrected chi connectivity index (χ2v) is 6.06. The minimum atomic E-state index is -1.03. The molecule has 0 bridgehead atoms. The van der Waals surface area contributed by atoms with Gasteiger partial charge in [-0.25, -0.2) is 9.97 Å². The van der Waals surface area contributed by atoms with Gasteiger partial charge in [-0.3, -0.25) is 9.36 Å². The van der Waals surface area contributed by atoms with Crippen LogP contribution in [-0.2, 0) is 16.1 Å². The third kappa shape index (κ3) is 2.90. The van der Waals surface area contributed by atoms with E-state index in [9.17, 15) is 15.0 Å². The molecule has 2 aromatic heterocycles. The molecule has 1 aliphatic rings. The highest BCUT2D eigenvalue weighted by Crippen LogP contribution is 2.33. The number of nitrogens with zero attached hydrogens (tertiary/aromatic N) is 3. The largest absolute Gasteiger partial charge is 0.394 e. The van der Waals surface area contributed by atoms with Crippen LogP contribution in [0.5, 0.6) is 0 Å². The molecule has 4 rings (SSSR count). The van der Waals surface area contributed by atoms with Gasteiger partial charge in [-0.05, 0) is 5.56 Å². The Labute approximate surface area is 147 Å². The van der Waals surface area contributed by atoms with Gasteiger partial charge < -0.3 is 24.7 Å². The molecular weight excluding hydrogens is 340 g/mol. The van der Waals surface area contributed by atoms with Crippen LogP contribution >= 0.6 is 0 Å². The number of imidazole rings is 1. The summed E-state index contributed by atoms with van der Waals surface area (Å²) in [6.45, 7) is -0.0925. The number of aromatic nitrogens is 4. The Morgan fingerprint density at radius 2 is 2.08 bits per heavy atom. The minimum Gasteiger partial charge on any atom is -0.394 e. The summed E-state index contributed by atoms with van der Waals surface area (Å²) >= 11 is 0. The monoisotopic (exact) mass is 358 g/mol. The summed E-state index contributed by atoms with van der Waals surface area (Å²) in [5, 5.41) is 20.0. The van der Waals surface area contributed by atoms with Gasteiger partial charge in [0.1, 0.15) is 18.3 Å². The maximum atomic E-state index is 11.9. The molecule has 1 aliphatic heterocycles. The fourth-order valence-electron chi connectivity index (χ4n) is 3.09. The highest BCUT2D eigenvalue weighted by atomic mass is 16.6. The van der Waals surface area contributed by atoms with Crippen LogP contribution in [0.4, 0.5) is 0 Å². The molecule has 3 aromatic rings. The molecule has 3 heterocycles. The fourth-order valence-corrected chi connectivity index (χ4v) is 3.09. The van der Waals surface area contributed by atoms with E-state index in [1.165, 1.54) is 12.7 Å². The van der Waals surface area contributed by atoms with E-state index in [2.05, 4.69) is 15.0 Å². The first-order chi connectivity index (χ1) is 12.7. The van der Waals surface area contributed by atoms with Crippen molar-refractivity contribution in [3.8, 4) is 0 Å². The summed E-state index contributed by atoms with van der Waals surface area (Å²) in [4.78, 5) is 22.5. The lowest BCUT2D eigenvalue weighted by molar-refractivity contribution is -0.0761. The number of fused-ring (bicyclic) bond motifs is 1. The van der Waals surface area contributed by atoms with Gasteiger partial charge in [0.15, 0.2) is 17.4 Å². The quantitative estimate of drug-likeness (QED) is 0.585. The Bertz CT molecular complexity index is 941. The molecule has 26 heavy (non-hydrogen) atoms. The summed E-state index contributed by atoms with van der Waals surface area (Å²) in [6.07, 6.45) is -0.676. The van der Waals surface area contributed by atoms with Crippen LogP contribution in [0.25, 0.3) is 11.2 Å². The molecule has 0 saturated carbocycles. The van der Waals surface area contributed by atoms with E-state index in [1.807, 2.05) is 30.3 Å². The van der Waals surface area contributed by atoms with Crippen LogP contribution in [0.15, 0.2) is 47.8 Å². The van der Waals surface area contributed by atoms with Crippen LogP contribution in [0.2, 0.25) is 0 Å². The van der Waals surface area contributed by atoms with E-state index in [0.29, 0.717) is 5.65 Å². The van der Waals surface area contributed by atoms with Crippen molar-refractivity contribution in [2.45, 2.75) is 31.1 Å². The standard InChI is InChI=1S/C17H18N4O5/c22-6-11-13(23)14(25-7-10-4-2-1-3-5-10)17(26-11)21-9-20-12-15(21)18-8-19-16(12)24/h1-5,8-9,11,13-14,17,22-23H,6-7H2,(H,18,19,24)/t11-,13-,14+,17-/m1/s1. The smallest absolute Gasteiger partial charge is 0.278 e. The van der Waals surface area contributed by atoms with Gasteiger partial charge in [0.25, 0.3) is 5.56 Å². The number of hydrogen-bond donors (Lipinski definition) is 3. The van der Waals surface area contributed by atoms with Crippen LogP contribution in [0.1, 0.15) is 11.8 Å². The van der Waals surface area contributed by atoms with Crippen molar-refractivity contribution in [2.24, 2.45) is 0 Å². The van der Waals surface area contributed by atoms with Crippen LogP contribution in [0, 0.1) is 0 Å². The summed E-state index contributed by atoms with van der Waals surface area (Å²) in [5.74, 6) is 0. The SMILES string of the molecule is O=c1[nH]cnc2c1ncn2[C@@H]1O[C@H](CO)[C@@H](O)[C@@H]1OCc1ccccc1. The number of benzene rings is 1. The Kier molecular flexibility index (Phi) is 4.51. The number of rotatable bonds is 5. The van der Waals surface area contributed by atoms with E-state index < -0.39 is 24.5 Å². The van der Waals surface area contributed by atoms with E-state index in [-0.39, 0.29) is 24.3 Å². The molecule has 0 radical (unpaired) electrons. The van der Waals surface area contributed by atoms with Gasteiger partial charge in [-0.2, -0.15) is 0 Å². The zero-order valence-corrected chi connectivity index (χ0v) is 13.7. The fraction of sp³-hybridized carbons (Fsp3) is 0.353. The van der Waals surface area contributed by atoms with Crippen LogP contribution in [-0.4, -0.2) is 54.7 Å². The molecule has 9 nitrogen and oxygen atoms in total. The number of nitrogens with one attached hydrogen (secondary N) is 1. The van der Waals surface area contributed by atoms with Crippen molar-refractivity contribution >= 4 is 11.2 Å². The van der Waals surface area contributed by atoms with E-state index in [4.69, 9.17) is 9.47 Å². The highest BCUT2D eigenvalue weighted by Gasteiger charge is 2.45. The zero-order valence-electron chi connectivity index (χ0n) is 13.7. The van der Waals surface area contributed by atoms with E-state index >= 15 is 0 Å². The average Bonchev–Trinajstić information content (AvgIpc) is 3.23. The molecule has 0 amide bonds. The van der Waals surface area contributed by atoms with Gasteiger partial charge in [0, 0.05) is 0 Å². The lowest BCUT2D eigenvalue weighted by Crippen LogP contribution is -2.35. The first-order valence-corrected chi connectivity index (χ1v) is 8.19. The van der Waals surface area contributed by atoms with E-state index in [0.717, 1.165) is 5.56 Å². The Balaban J connectivity index is 1.65.